The molecule has 1 amide bonds. The van der Waals surface area contributed by atoms with Crippen molar-refractivity contribution in [2.45, 2.75) is 20.4 Å². The summed E-state index contributed by atoms with van der Waals surface area (Å²) in [6, 6.07) is 8.97. The quantitative estimate of drug-likeness (QED) is 0.568. The molecule has 1 aromatic heterocycles. The van der Waals surface area contributed by atoms with Crippen LogP contribution in [0.4, 0.5) is 0 Å². The van der Waals surface area contributed by atoms with E-state index in [-0.39, 0.29) is 12.5 Å². The molecule has 1 heterocycles. The van der Waals surface area contributed by atoms with Gasteiger partial charge in [-0.2, -0.15) is 4.99 Å². The summed E-state index contributed by atoms with van der Waals surface area (Å²) in [4.78, 5) is 17.4. The van der Waals surface area contributed by atoms with Gasteiger partial charge in [-0.05, 0) is 49.2 Å². The van der Waals surface area contributed by atoms with Gasteiger partial charge in [0.15, 0.2) is 4.80 Å². The van der Waals surface area contributed by atoms with Crippen molar-refractivity contribution in [2.24, 2.45) is 4.99 Å². The molecule has 0 saturated carbocycles. The van der Waals surface area contributed by atoms with E-state index in [0.29, 0.717) is 20.4 Å². The lowest BCUT2D eigenvalue weighted by molar-refractivity contribution is 0.0998. The largest absolute Gasteiger partial charge is 0.303 e. The minimum absolute atomic E-state index is 0.264. The van der Waals surface area contributed by atoms with Gasteiger partial charge < -0.3 is 4.57 Å². The molecule has 0 spiro atoms. The predicted molar refractivity (Wildman–Crippen MR) is 104 cm³/mol. The Balaban J connectivity index is 2.20. The first-order valence-corrected chi connectivity index (χ1v) is 9.06. The maximum atomic E-state index is 12.6. The molecular formula is C19H14Cl2N2OS. The van der Waals surface area contributed by atoms with E-state index in [9.17, 15) is 4.79 Å². The van der Waals surface area contributed by atoms with Crippen molar-refractivity contribution in [1.82, 2.24) is 4.57 Å². The summed E-state index contributed by atoms with van der Waals surface area (Å²) in [5, 5.41) is 1.01. The van der Waals surface area contributed by atoms with Crippen molar-refractivity contribution < 1.29 is 4.79 Å². The maximum absolute atomic E-state index is 12.6. The van der Waals surface area contributed by atoms with E-state index < -0.39 is 0 Å². The van der Waals surface area contributed by atoms with Gasteiger partial charge in [-0.25, -0.2) is 0 Å². The predicted octanol–water partition coefficient (Wildman–Crippen LogP) is 5.00. The number of halogens is 2. The highest BCUT2D eigenvalue weighted by molar-refractivity contribution is 7.16. The van der Waals surface area contributed by atoms with E-state index in [0.717, 1.165) is 21.3 Å². The highest BCUT2D eigenvalue weighted by Gasteiger charge is 2.13. The fraction of sp³-hybridized carbons (Fsp3) is 0.158. The molecule has 0 aliphatic carbocycles. The number of thiazole rings is 1. The third-order valence-electron chi connectivity index (χ3n) is 3.90. The van der Waals surface area contributed by atoms with Gasteiger partial charge in [0.25, 0.3) is 5.91 Å². The Morgan fingerprint density at radius 3 is 2.68 bits per heavy atom. The average molecular weight is 389 g/mol. The fourth-order valence-electron chi connectivity index (χ4n) is 2.48. The minimum atomic E-state index is -0.317. The van der Waals surface area contributed by atoms with Crippen molar-refractivity contribution in [3.8, 4) is 12.3 Å². The van der Waals surface area contributed by atoms with Crippen molar-refractivity contribution in [3.05, 3.63) is 61.9 Å². The van der Waals surface area contributed by atoms with Gasteiger partial charge in [0, 0.05) is 10.6 Å². The van der Waals surface area contributed by atoms with Crippen molar-refractivity contribution >= 4 is 50.7 Å². The molecule has 0 saturated heterocycles. The van der Waals surface area contributed by atoms with E-state index in [4.69, 9.17) is 29.6 Å². The lowest BCUT2D eigenvalue weighted by atomic mass is 10.1. The Bertz CT molecular complexity index is 1100. The first-order chi connectivity index (χ1) is 11.9. The molecule has 3 nitrogen and oxygen atoms in total. The number of amides is 1. The molecule has 3 aromatic rings. The zero-order valence-electron chi connectivity index (χ0n) is 13.6. The van der Waals surface area contributed by atoms with Crippen LogP contribution in [0, 0.1) is 26.2 Å². The van der Waals surface area contributed by atoms with Crippen molar-refractivity contribution in [3.63, 3.8) is 0 Å². The number of nitrogens with zero attached hydrogens (tertiary/aromatic N) is 2. The second kappa shape index (κ2) is 7.05. The number of rotatable bonds is 2. The lowest BCUT2D eigenvalue weighted by Gasteiger charge is -2.03. The molecule has 3 rings (SSSR count). The molecule has 0 aliphatic heterocycles. The summed E-state index contributed by atoms with van der Waals surface area (Å²) in [7, 11) is 0. The molecule has 126 valence electrons. The van der Waals surface area contributed by atoms with E-state index in [1.54, 1.807) is 22.8 Å². The van der Waals surface area contributed by atoms with E-state index >= 15 is 0 Å². The maximum Gasteiger partial charge on any atom is 0.279 e. The monoisotopic (exact) mass is 388 g/mol. The molecule has 0 radical (unpaired) electrons. The molecule has 6 heteroatoms. The third-order valence-corrected chi connectivity index (χ3v) is 5.43. The average Bonchev–Trinajstić information content (AvgIpc) is 2.87. The molecule has 2 aromatic carbocycles. The first-order valence-electron chi connectivity index (χ1n) is 7.49. The molecule has 0 N–H and O–H groups in total. The Labute approximate surface area is 159 Å². The Morgan fingerprint density at radius 2 is 2.00 bits per heavy atom. The summed E-state index contributed by atoms with van der Waals surface area (Å²) in [5.41, 5.74) is 3.45. The second-order valence-electron chi connectivity index (χ2n) is 5.63. The number of terminal acetylenes is 1. The topological polar surface area (TPSA) is 34.4 Å². The zero-order chi connectivity index (χ0) is 18.1. The molecule has 0 bridgehead atoms. The molecule has 25 heavy (non-hydrogen) atoms. The van der Waals surface area contributed by atoms with Crippen LogP contribution in [0.5, 0.6) is 0 Å². The Kier molecular flexibility index (Phi) is 5.01. The van der Waals surface area contributed by atoms with E-state index in [2.05, 4.69) is 10.9 Å². The fourth-order valence-corrected chi connectivity index (χ4v) is 4.29. The van der Waals surface area contributed by atoms with Crippen LogP contribution in [0.2, 0.25) is 10.0 Å². The highest BCUT2D eigenvalue weighted by Crippen LogP contribution is 2.29. The number of hydrogen-bond acceptors (Lipinski definition) is 2. The van der Waals surface area contributed by atoms with Crippen LogP contribution in [0.3, 0.4) is 0 Å². The van der Waals surface area contributed by atoms with Crippen LogP contribution in [-0.2, 0) is 6.54 Å². The summed E-state index contributed by atoms with van der Waals surface area (Å²) < 4.78 is 2.59. The Morgan fingerprint density at radius 1 is 1.24 bits per heavy atom. The van der Waals surface area contributed by atoms with Gasteiger partial charge in [0.05, 0.1) is 21.8 Å². The van der Waals surface area contributed by atoms with Crippen LogP contribution in [0.1, 0.15) is 21.5 Å². The first kappa shape index (κ1) is 17.8. The van der Waals surface area contributed by atoms with E-state index in [1.165, 1.54) is 11.3 Å². The third kappa shape index (κ3) is 3.50. The number of aromatic nitrogens is 1. The summed E-state index contributed by atoms with van der Waals surface area (Å²) in [5.74, 6) is 2.26. The molecule has 0 fully saturated rings. The molecule has 0 aliphatic rings. The van der Waals surface area contributed by atoms with Gasteiger partial charge in [0.1, 0.15) is 0 Å². The van der Waals surface area contributed by atoms with Gasteiger partial charge in [-0.15, -0.1) is 6.42 Å². The summed E-state index contributed by atoms with van der Waals surface area (Å²) in [6.07, 6.45) is 5.48. The molecule has 0 unspecified atom stereocenters. The number of fused-ring (bicyclic) bond motifs is 1. The van der Waals surface area contributed by atoms with Gasteiger partial charge in [-0.3, -0.25) is 4.79 Å². The number of carbonyl (C=O) groups is 1. The SMILES string of the molecule is C#CCn1c(=NC(=O)c2ccc(C)c(C)c2)sc2cc(Cl)cc(Cl)c21. The zero-order valence-corrected chi connectivity index (χ0v) is 16.0. The summed E-state index contributed by atoms with van der Waals surface area (Å²) in [6.45, 7) is 4.23. The van der Waals surface area contributed by atoms with Gasteiger partial charge >= 0.3 is 0 Å². The smallest absolute Gasteiger partial charge is 0.279 e. The number of aryl methyl sites for hydroxylation is 2. The molecular weight excluding hydrogens is 375 g/mol. The van der Waals surface area contributed by atoms with Gasteiger partial charge in [0.2, 0.25) is 0 Å². The highest BCUT2D eigenvalue weighted by atomic mass is 35.5. The lowest BCUT2D eigenvalue weighted by Crippen LogP contribution is -2.16. The number of hydrogen-bond donors (Lipinski definition) is 0. The van der Waals surface area contributed by atoms with Gasteiger partial charge in [-0.1, -0.05) is 46.5 Å². The van der Waals surface area contributed by atoms with Crippen LogP contribution in [0.15, 0.2) is 35.3 Å². The standard InChI is InChI=1S/C19H14Cl2N2OS/c1-4-7-23-17-15(21)9-14(20)10-16(17)25-19(23)22-18(24)13-6-5-11(2)12(3)8-13/h1,5-6,8-10H,7H2,2-3H3. The van der Waals surface area contributed by atoms with E-state index in [1.807, 2.05) is 26.0 Å². The van der Waals surface area contributed by atoms with Crippen molar-refractivity contribution in [2.75, 3.05) is 0 Å². The van der Waals surface area contributed by atoms with Crippen molar-refractivity contribution in [1.29, 1.82) is 0 Å². The van der Waals surface area contributed by atoms with Crippen LogP contribution in [0.25, 0.3) is 10.2 Å². The second-order valence-corrected chi connectivity index (χ2v) is 7.48. The van der Waals surface area contributed by atoms with Crippen LogP contribution < -0.4 is 4.80 Å². The molecule has 0 atom stereocenters. The number of carbonyl (C=O) groups excluding carboxylic acids is 1. The van der Waals surface area contributed by atoms with Crippen LogP contribution in [-0.4, -0.2) is 10.5 Å². The van der Waals surface area contributed by atoms with Crippen LogP contribution >= 0.6 is 34.5 Å². The minimum Gasteiger partial charge on any atom is -0.303 e. The Hall–Kier alpha value is -2.06. The normalized spacial score (nSPS) is 11.7. The summed E-state index contributed by atoms with van der Waals surface area (Å²) >= 11 is 13.7. The number of benzene rings is 2.